The van der Waals surface area contributed by atoms with Gasteiger partial charge in [0.2, 0.25) is 0 Å². The second-order valence-corrected chi connectivity index (χ2v) is 19.8. The van der Waals surface area contributed by atoms with Crippen molar-refractivity contribution in [1.29, 1.82) is 0 Å². The van der Waals surface area contributed by atoms with Crippen LogP contribution in [-0.2, 0) is 10.0 Å². The first-order valence-electron chi connectivity index (χ1n) is 21.1. The van der Waals surface area contributed by atoms with Gasteiger partial charge in [-0.25, -0.2) is 22.5 Å². The number of rotatable bonds is 12. The van der Waals surface area contributed by atoms with E-state index in [1.54, 1.807) is 24.4 Å². The van der Waals surface area contributed by atoms with Crippen molar-refractivity contribution < 1.29 is 27.3 Å². The number of allylic oxidation sites excluding steroid dienone is 1. The highest BCUT2D eigenvalue weighted by Gasteiger charge is 2.40. The van der Waals surface area contributed by atoms with Crippen molar-refractivity contribution >= 4 is 61.1 Å². The van der Waals surface area contributed by atoms with E-state index in [0.29, 0.717) is 31.0 Å². The number of halogens is 2. The van der Waals surface area contributed by atoms with Gasteiger partial charge in [0, 0.05) is 75.3 Å². The number of hydrogen-bond acceptors (Lipinski definition) is 10. The summed E-state index contributed by atoms with van der Waals surface area (Å²) in [5.41, 5.74) is 6.01. The quantitative estimate of drug-likeness (QED) is 0.0703. The number of sulfonamides is 1. The first kappa shape index (κ1) is 44.0. The molecule has 0 unspecified atom stereocenters. The van der Waals surface area contributed by atoms with Gasteiger partial charge in [0.1, 0.15) is 22.8 Å². The Kier molecular flexibility index (Phi) is 12.2. The molecule has 1 fully saturated rings. The van der Waals surface area contributed by atoms with Crippen LogP contribution in [0.2, 0.25) is 5.02 Å². The van der Waals surface area contributed by atoms with Crippen LogP contribution in [0.4, 0.5) is 15.8 Å². The lowest BCUT2D eigenvalue weighted by Crippen LogP contribution is -2.50. The molecule has 0 atom stereocenters. The number of H-pyrrole nitrogens is 1. The number of nitrogens with zero attached hydrogens (tertiary/aromatic N) is 5. The SMILES string of the molecule is CN1CCC(F)(N(C)c2ccc(S(=O)(=O)NC(=O)c3ccc(C4=CCN(CC5=C(c6ccc(Cl)cc6)CC(C)(C)CC5)CC4)cc3Oc3cnc4[nH]ccc4c3)cc2[N+](=O)[O-])CC1. The van der Waals surface area contributed by atoms with Gasteiger partial charge in [-0.15, -0.1) is 0 Å². The predicted molar refractivity (Wildman–Crippen MR) is 244 cm³/mol. The number of nitro benzene ring substituents is 1. The first-order chi connectivity index (χ1) is 30.0. The summed E-state index contributed by atoms with van der Waals surface area (Å²) in [4.78, 5) is 38.0. The Hall–Kier alpha value is -5.61. The first-order valence-corrected chi connectivity index (χ1v) is 22.9. The second-order valence-electron chi connectivity index (χ2n) is 17.7. The summed E-state index contributed by atoms with van der Waals surface area (Å²) in [7, 11) is -1.37. The molecule has 63 heavy (non-hydrogen) atoms. The third-order valence-electron chi connectivity index (χ3n) is 12.7. The minimum Gasteiger partial charge on any atom is -0.455 e. The molecule has 1 amide bonds. The number of ether oxygens (including phenoxy) is 1. The highest BCUT2D eigenvalue weighted by atomic mass is 35.5. The van der Waals surface area contributed by atoms with Gasteiger partial charge in [0.15, 0.2) is 5.79 Å². The molecular weight excluding hydrogens is 845 g/mol. The Bertz CT molecular complexity index is 2750. The maximum absolute atomic E-state index is 16.0. The number of carbonyl (C=O) groups is 1. The van der Waals surface area contributed by atoms with Crippen molar-refractivity contribution in [2.45, 2.75) is 63.1 Å². The lowest BCUT2D eigenvalue weighted by molar-refractivity contribution is -0.384. The summed E-state index contributed by atoms with van der Waals surface area (Å²) in [5, 5.41) is 13.8. The molecule has 8 rings (SSSR count). The lowest BCUT2D eigenvalue weighted by Gasteiger charge is -2.41. The van der Waals surface area contributed by atoms with Crippen LogP contribution >= 0.6 is 11.6 Å². The molecule has 13 nitrogen and oxygen atoms in total. The van der Waals surface area contributed by atoms with E-state index in [4.69, 9.17) is 16.3 Å². The van der Waals surface area contributed by atoms with Crippen molar-refractivity contribution in [2.24, 2.45) is 5.41 Å². The number of pyridine rings is 1. The summed E-state index contributed by atoms with van der Waals surface area (Å²) in [6.07, 6.45) is 9.54. The van der Waals surface area contributed by atoms with Gasteiger partial charge < -0.3 is 19.5 Å². The average Bonchev–Trinajstić information content (AvgIpc) is 3.73. The molecule has 0 spiro atoms. The predicted octanol–water partition coefficient (Wildman–Crippen LogP) is 9.62. The Balaban J connectivity index is 1.05. The number of alkyl halides is 1. The zero-order chi connectivity index (χ0) is 44.7. The van der Waals surface area contributed by atoms with Crippen molar-refractivity contribution in [3.63, 3.8) is 0 Å². The number of carbonyl (C=O) groups excluding carboxylic acids is 1. The summed E-state index contributed by atoms with van der Waals surface area (Å²) in [5.74, 6) is -2.45. The number of nitrogens with one attached hydrogen (secondary N) is 2. The molecule has 2 N–H and O–H groups in total. The van der Waals surface area contributed by atoms with Gasteiger partial charge >= 0.3 is 0 Å². The minimum atomic E-state index is -4.67. The van der Waals surface area contributed by atoms with Crippen LogP contribution in [0.25, 0.3) is 22.2 Å². The Morgan fingerprint density at radius 3 is 2.48 bits per heavy atom. The van der Waals surface area contributed by atoms with Crippen LogP contribution < -0.4 is 14.4 Å². The Morgan fingerprint density at radius 1 is 1.02 bits per heavy atom. The van der Waals surface area contributed by atoms with E-state index in [1.807, 2.05) is 30.1 Å². The molecule has 2 aromatic heterocycles. The molecule has 2 aliphatic heterocycles. The van der Waals surface area contributed by atoms with Gasteiger partial charge in [-0.05, 0) is 109 Å². The number of aromatic nitrogens is 2. The van der Waals surface area contributed by atoms with Crippen LogP contribution in [0.1, 0.15) is 73.9 Å². The minimum absolute atomic E-state index is 0.0745. The molecule has 0 bridgehead atoms. The van der Waals surface area contributed by atoms with E-state index in [0.717, 1.165) is 72.5 Å². The van der Waals surface area contributed by atoms with Gasteiger partial charge in [-0.2, -0.15) is 0 Å². The number of amides is 1. The molecule has 5 aromatic rings. The molecule has 3 aliphatic rings. The fraction of sp³-hybridized carbons (Fsp3) is 0.362. The highest BCUT2D eigenvalue weighted by Crippen LogP contribution is 2.44. The molecule has 16 heteroatoms. The largest absolute Gasteiger partial charge is 0.455 e. The maximum Gasteiger partial charge on any atom is 0.293 e. The summed E-state index contributed by atoms with van der Waals surface area (Å²) in [6.45, 7) is 7.93. The maximum atomic E-state index is 16.0. The molecule has 1 saturated heterocycles. The third kappa shape index (κ3) is 9.66. The van der Waals surface area contributed by atoms with E-state index in [9.17, 15) is 23.3 Å². The summed E-state index contributed by atoms with van der Waals surface area (Å²) < 4.78 is 52.0. The summed E-state index contributed by atoms with van der Waals surface area (Å²) >= 11 is 6.24. The second kappa shape index (κ2) is 17.5. The Labute approximate surface area is 371 Å². The standard InChI is InChI=1S/C47H51ClFN7O6S/c1-46(2)17-13-35(40(28-46)32-5-8-36(48)9-6-32)30-55-21-15-31(16-22-55)33-7-11-39(43(26-33)62-37-25-34-14-20-50-44(34)51-29-37)45(57)52-63(60,61)38-10-12-41(42(27-38)56(58)59)54(4)47(49)18-23-53(3)24-19-47/h5-12,14-15,20,25-27,29H,13,16-19,21-24,28,30H2,1-4H3,(H,50,51)(H,52,57). The number of hydrogen-bond donors (Lipinski definition) is 2. The molecule has 0 radical (unpaired) electrons. The normalized spacial score (nSPS) is 18.2. The molecule has 3 aromatic carbocycles. The van der Waals surface area contributed by atoms with Crippen molar-refractivity contribution in [2.75, 3.05) is 51.7 Å². The lowest BCUT2D eigenvalue weighted by atomic mass is 9.72. The fourth-order valence-electron chi connectivity index (χ4n) is 8.80. The van der Waals surface area contributed by atoms with E-state index < -0.39 is 37.2 Å². The average molecular weight is 896 g/mol. The number of likely N-dealkylation sites (tertiary alicyclic amines) is 1. The highest BCUT2D eigenvalue weighted by molar-refractivity contribution is 7.90. The van der Waals surface area contributed by atoms with E-state index in [2.05, 4.69) is 51.6 Å². The number of nitro groups is 1. The summed E-state index contributed by atoms with van der Waals surface area (Å²) in [6, 6.07) is 19.9. The molecule has 4 heterocycles. The monoisotopic (exact) mass is 895 g/mol. The van der Waals surface area contributed by atoms with Gasteiger partial charge in [0.05, 0.1) is 21.6 Å². The van der Waals surface area contributed by atoms with E-state index >= 15 is 4.39 Å². The zero-order valence-electron chi connectivity index (χ0n) is 35.8. The molecule has 330 valence electrons. The van der Waals surface area contributed by atoms with E-state index in [1.165, 1.54) is 47.0 Å². The number of aromatic amines is 1. The Morgan fingerprint density at radius 2 is 1.76 bits per heavy atom. The van der Waals surface area contributed by atoms with Crippen LogP contribution in [-0.4, -0.2) is 91.6 Å². The van der Waals surface area contributed by atoms with Gasteiger partial charge in [-0.3, -0.25) is 19.8 Å². The van der Waals surface area contributed by atoms with Crippen LogP contribution in [0.5, 0.6) is 11.5 Å². The number of anilines is 1. The topological polar surface area (TPSA) is 154 Å². The number of fused-ring (bicyclic) bond motifs is 1. The third-order valence-corrected chi connectivity index (χ3v) is 14.3. The molecule has 1 aliphatic carbocycles. The molecular formula is C47H51ClFN7O6S. The molecule has 0 saturated carbocycles. The number of benzene rings is 3. The van der Waals surface area contributed by atoms with Crippen molar-refractivity contribution in [1.82, 2.24) is 24.5 Å². The van der Waals surface area contributed by atoms with Crippen LogP contribution in [0.15, 0.2) is 102 Å². The number of piperidine rings is 1. The van der Waals surface area contributed by atoms with Crippen LogP contribution in [0.3, 0.4) is 0 Å². The van der Waals surface area contributed by atoms with Crippen molar-refractivity contribution in [3.05, 3.63) is 129 Å². The van der Waals surface area contributed by atoms with Crippen LogP contribution in [0, 0.1) is 15.5 Å². The fourth-order valence-corrected chi connectivity index (χ4v) is 9.91. The van der Waals surface area contributed by atoms with Gasteiger partial charge in [0.25, 0.3) is 21.6 Å². The smallest absolute Gasteiger partial charge is 0.293 e. The van der Waals surface area contributed by atoms with Gasteiger partial charge in [-0.1, -0.05) is 55.3 Å². The zero-order valence-corrected chi connectivity index (χ0v) is 37.4. The van der Waals surface area contributed by atoms with Crippen molar-refractivity contribution in [3.8, 4) is 11.5 Å². The van der Waals surface area contributed by atoms with E-state index in [-0.39, 0.29) is 35.3 Å².